The number of nitrogens with one attached hydrogen (secondary N) is 2. The lowest BCUT2D eigenvalue weighted by Gasteiger charge is -2.23. The number of carbonyl (C=O) groups is 2. The molecular formula is C16H24N4O3. The monoisotopic (exact) mass is 320 g/mol. The molecule has 2 heterocycles. The number of amides is 2. The quantitative estimate of drug-likeness (QED) is 0.735. The lowest BCUT2D eigenvalue weighted by atomic mass is 10.1. The zero-order chi connectivity index (χ0) is 17.1. The van der Waals surface area contributed by atoms with Crippen molar-refractivity contribution < 1.29 is 9.59 Å². The molecule has 126 valence electrons. The van der Waals surface area contributed by atoms with Crippen molar-refractivity contribution in [3.63, 3.8) is 0 Å². The van der Waals surface area contributed by atoms with Crippen LogP contribution in [0.1, 0.15) is 49.2 Å². The zero-order valence-corrected chi connectivity index (χ0v) is 13.8. The summed E-state index contributed by atoms with van der Waals surface area (Å²) in [5.41, 5.74) is 6.28. The van der Waals surface area contributed by atoms with Gasteiger partial charge >= 0.3 is 0 Å². The second-order valence-corrected chi connectivity index (χ2v) is 6.17. The van der Waals surface area contributed by atoms with Gasteiger partial charge in [0.15, 0.2) is 0 Å². The Labute approximate surface area is 135 Å². The van der Waals surface area contributed by atoms with Crippen molar-refractivity contribution in [3.8, 4) is 0 Å². The van der Waals surface area contributed by atoms with Gasteiger partial charge in [-0.15, -0.1) is 0 Å². The Bertz CT molecular complexity index is 653. The highest BCUT2D eigenvalue weighted by molar-refractivity contribution is 5.97. The van der Waals surface area contributed by atoms with Crippen LogP contribution in [-0.4, -0.2) is 46.9 Å². The van der Waals surface area contributed by atoms with E-state index in [1.54, 1.807) is 6.07 Å². The van der Waals surface area contributed by atoms with Gasteiger partial charge in [0.25, 0.3) is 11.5 Å². The number of aromatic nitrogens is 1. The molecule has 7 heteroatoms. The Morgan fingerprint density at radius 1 is 1.43 bits per heavy atom. The molecule has 0 bridgehead atoms. The standard InChI is InChI=1S/C16H24N4O3/c1-4-18-15(22)13-7-10(17)8-20(13)16(23)11-5-6-12(9(2)3)19-14(11)21/h5-6,9-10,13H,4,7-8,17H2,1-3H3,(H,18,22)(H,19,21)/t10-,13-/m0/s1. The Morgan fingerprint density at radius 2 is 2.13 bits per heavy atom. The number of likely N-dealkylation sites (tertiary alicyclic amines) is 1. The zero-order valence-electron chi connectivity index (χ0n) is 13.8. The summed E-state index contributed by atoms with van der Waals surface area (Å²) in [6.07, 6.45) is 0.402. The molecule has 1 aliphatic rings. The van der Waals surface area contributed by atoms with Crippen molar-refractivity contribution in [3.05, 3.63) is 33.7 Å². The van der Waals surface area contributed by atoms with Crippen molar-refractivity contribution in [2.75, 3.05) is 13.1 Å². The number of hydrogen-bond donors (Lipinski definition) is 3. The first-order valence-corrected chi connectivity index (χ1v) is 7.92. The molecular weight excluding hydrogens is 296 g/mol. The highest BCUT2D eigenvalue weighted by Crippen LogP contribution is 2.19. The van der Waals surface area contributed by atoms with Gasteiger partial charge in [-0.3, -0.25) is 14.4 Å². The minimum absolute atomic E-state index is 0.0396. The predicted molar refractivity (Wildman–Crippen MR) is 87.3 cm³/mol. The van der Waals surface area contributed by atoms with Gasteiger partial charge in [-0.05, 0) is 31.4 Å². The van der Waals surface area contributed by atoms with E-state index in [-0.39, 0.29) is 30.0 Å². The summed E-state index contributed by atoms with van der Waals surface area (Å²) in [4.78, 5) is 41.1. The molecule has 2 amide bonds. The third-order valence-corrected chi connectivity index (χ3v) is 4.03. The molecule has 1 aromatic rings. The summed E-state index contributed by atoms with van der Waals surface area (Å²) in [6, 6.07) is 2.37. The first-order valence-electron chi connectivity index (χ1n) is 7.92. The largest absolute Gasteiger partial charge is 0.355 e. The van der Waals surface area contributed by atoms with Crippen LogP contribution in [0.2, 0.25) is 0 Å². The number of hydrogen-bond acceptors (Lipinski definition) is 4. The van der Waals surface area contributed by atoms with E-state index in [0.717, 1.165) is 5.69 Å². The van der Waals surface area contributed by atoms with Crippen molar-refractivity contribution >= 4 is 11.8 Å². The third kappa shape index (κ3) is 3.61. The van der Waals surface area contributed by atoms with Crippen LogP contribution in [0, 0.1) is 0 Å². The van der Waals surface area contributed by atoms with Gasteiger partial charge in [0.05, 0.1) is 0 Å². The van der Waals surface area contributed by atoms with Crippen LogP contribution < -0.4 is 16.6 Å². The van der Waals surface area contributed by atoms with Crippen LogP contribution in [0.4, 0.5) is 0 Å². The van der Waals surface area contributed by atoms with Crippen LogP contribution in [-0.2, 0) is 4.79 Å². The SMILES string of the molecule is CCNC(=O)[C@@H]1C[C@H](N)CN1C(=O)c1ccc(C(C)C)[nH]c1=O. The van der Waals surface area contributed by atoms with Crippen molar-refractivity contribution in [2.24, 2.45) is 5.73 Å². The van der Waals surface area contributed by atoms with E-state index in [1.807, 2.05) is 20.8 Å². The van der Waals surface area contributed by atoms with Crippen molar-refractivity contribution in [1.82, 2.24) is 15.2 Å². The summed E-state index contributed by atoms with van der Waals surface area (Å²) in [6.45, 7) is 6.48. The minimum atomic E-state index is -0.623. The molecule has 0 spiro atoms. The average molecular weight is 320 g/mol. The lowest BCUT2D eigenvalue weighted by molar-refractivity contribution is -0.124. The Kier molecular flexibility index (Phi) is 5.20. The number of likely N-dealkylation sites (N-methyl/N-ethyl adjacent to an activating group) is 1. The smallest absolute Gasteiger partial charge is 0.261 e. The van der Waals surface area contributed by atoms with E-state index < -0.39 is 17.5 Å². The van der Waals surface area contributed by atoms with E-state index in [1.165, 1.54) is 11.0 Å². The molecule has 23 heavy (non-hydrogen) atoms. The van der Waals surface area contributed by atoms with Crippen LogP contribution in [0.15, 0.2) is 16.9 Å². The first kappa shape index (κ1) is 17.2. The van der Waals surface area contributed by atoms with Crippen molar-refractivity contribution in [2.45, 2.75) is 45.2 Å². The maximum atomic E-state index is 12.7. The van der Waals surface area contributed by atoms with E-state index in [4.69, 9.17) is 5.73 Å². The number of H-pyrrole nitrogens is 1. The third-order valence-electron chi connectivity index (χ3n) is 4.03. The second-order valence-electron chi connectivity index (χ2n) is 6.17. The molecule has 2 atom stereocenters. The maximum Gasteiger partial charge on any atom is 0.261 e. The Balaban J connectivity index is 2.28. The fourth-order valence-electron chi connectivity index (χ4n) is 2.78. The molecule has 1 saturated heterocycles. The molecule has 1 aliphatic heterocycles. The molecule has 7 nitrogen and oxygen atoms in total. The van der Waals surface area contributed by atoms with Gasteiger partial charge in [-0.2, -0.15) is 0 Å². The summed E-state index contributed by atoms with van der Waals surface area (Å²) in [5, 5.41) is 2.71. The number of pyridine rings is 1. The molecule has 0 unspecified atom stereocenters. The average Bonchev–Trinajstić information content (AvgIpc) is 2.88. The van der Waals surface area contributed by atoms with Crippen LogP contribution in [0.3, 0.4) is 0 Å². The van der Waals surface area contributed by atoms with Gasteiger partial charge in [0.2, 0.25) is 5.91 Å². The number of nitrogens with zero attached hydrogens (tertiary/aromatic N) is 1. The van der Waals surface area contributed by atoms with Gasteiger partial charge in [-0.25, -0.2) is 0 Å². The predicted octanol–water partition coefficient (Wildman–Crippen LogP) is 0.176. The molecule has 0 radical (unpaired) electrons. The van der Waals surface area contributed by atoms with Gasteiger partial charge < -0.3 is 20.9 Å². The Hall–Kier alpha value is -2.15. The summed E-state index contributed by atoms with van der Waals surface area (Å²) in [5.74, 6) is -0.523. The number of carbonyl (C=O) groups excluding carboxylic acids is 2. The molecule has 0 aliphatic carbocycles. The molecule has 0 aromatic carbocycles. The highest BCUT2D eigenvalue weighted by Gasteiger charge is 2.38. The molecule has 4 N–H and O–H groups in total. The minimum Gasteiger partial charge on any atom is -0.355 e. The first-order chi connectivity index (χ1) is 10.8. The van der Waals surface area contributed by atoms with E-state index in [2.05, 4.69) is 10.3 Å². The molecule has 1 aromatic heterocycles. The van der Waals surface area contributed by atoms with Crippen molar-refractivity contribution in [1.29, 1.82) is 0 Å². The fourth-order valence-corrected chi connectivity index (χ4v) is 2.78. The molecule has 2 rings (SSSR count). The number of nitrogens with two attached hydrogens (primary N) is 1. The lowest BCUT2D eigenvalue weighted by Crippen LogP contribution is -2.47. The molecule has 1 fully saturated rings. The number of rotatable bonds is 4. The maximum absolute atomic E-state index is 12.7. The van der Waals surface area contributed by atoms with E-state index in [0.29, 0.717) is 13.0 Å². The van der Waals surface area contributed by atoms with Crippen LogP contribution in [0.25, 0.3) is 0 Å². The summed E-state index contributed by atoms with van der Waals surface area (Å²) < 4.78 is 0. The molecule has 0 saturated carbocycles. The normalized spacial score (nSPS) is 20.8. The van der Waals surface area contributed by atoms with Crippen LogP contribution in [0.5, 0.6) is 0 Å². The van der Waals surface area contributed by atoms with Gasteiger partial charge in [-0.1, -0.05) is 13.8 Å². The van der Waals surface area contributed by atoms with E-state index in [9.17, 15) is 14.4 Å². The topological polar surface area (TPSA) is 108 Å². The summed E-state index contributed by atoms with van der Waals surface area (Å²) >= 11 is 0. The van der Waals surface area contributed by atoms with Gasteiger partial charge in [0, 0.05) is 24.8 Å². The van der Waals surface area contributed by atoms with Gasteiger partial charge in [0.1, 0.15) is 11.6 Å². The summed E-state index contributed by atoms with van der Waals surface area (Å²) in [7, 11) is 0. The Morgan fingerprint density at radius 3 is 2.70 bits per heavy atom. The highest BCUT2D eigenvalue weighted by atomic mass is 16.2. The fraction of sp³-hybridized carbons (Fsp3) is 0.562. The van der Waals surface area contributed by atoms with E-state index >= 15 is 0 Å². The number of aromatic amines is 1. The second kappa shape index (κ2) is 6.95. The van der Waals surface area contributed by atoms with Crippen LogP contribution >= 0.6 is 0 Å².